The fourth-order valence-corrected chi connectivity index (χ4v) is 3.14. The average molecular weight is 292 g/mol. The summed E-state index contributed by atoms with van der Waals surface area (Å²) in [5.74, 6) is -0.105. The SMILES string of the molecule is Cc1ccc(CNCCCN(C)C2CCCCC2)cc1F. The lowest BCUT2D eigenvalue weighted by Gasteiger charge is -2.31. The highest BCUT2D eigenvalue weighted by Gasteiger charge is 2.17. The second-order valence-corrected chi connectivity index (χ2v) is 6.39. The molecule has 0 bridgehead atoms. The van der Waals surface area contributed by atoms with Crippen LogP contribution in [0.2, 0.25) is 0 Å². The summed E-state index contributed by atoms with van der Waals surface area (Å²) >= 11 is 0. The number of halogens is 1. The Balaban J connectivity index is 1.60. The molecule has 1 N–H and O–H groups in total. The third-order valence-electron chi connectivity index (χ3n) is 4.63. The van der Waals surface area contributed by atoms with Gasteiger partial charge in [0.15, 0.2) is 0 Å². The number of benzene rings is 1. The summed E-state index contributed by atoms with van der Waals surface area (Å²) in [5, 5.41) is 3.41. The number of aryl methyl sites for hydroxylation is 1. The monoisotopic (exact) mass is 292 g/mol. The van der Waals surface area contributed by atoms with Crippen molar-refractivity contribution in [2.75, 3.05) is 20.1 Å². The van der Waals surface area contributed by atoms with E-state index in [0.29, 0.717) is 5.56 Å². The molecular formula is C18H29FN2. The Morgan fingerprint density at radius 3 is 2.71 bits per heavy atom. The van der Waals surface area contributed by atoms with Crippen molar-refractivity contribution in [3.63, 3.8) is 0 Å². The maximum Gasteiger partial charge on any atom is 0.126 e. The summed E-state index contributed by atoms with van der Waals surface area (Å²) in [5.41, 5.74) is 1.74. The molecule has 1 aromatic rings. The molecule has 1 aliphatic carbocycles. The third-order valence-corrected chi connectivity index (χ3v) is 4.63. The zero-order chi connectivity index (χ0) is 15.1. The van der Waals surface area contributed by atoms with Gasteiger partial charge in [0, 0.05) is 12.6 Å². The van der Waals surface area contributed by atoms with Gasteiger partial charge in [-0.25, -0.2) is 4.39 Å². The lowest BCUT2D eigenvalue weighted by atomic mass is 9.94. The Bertz CT molecular complexity index is 427. The molecule has 1 saturated carbocycles. The fraction of sp³-hybridized carbons (Fsp3) is 0.667. The summed E-state index contributed by atoms with van der Waals surface area (Å²) in [7, 11) is 2.26. The summed E-state index contributed by atoms with van der Waals surface area (Å²) in [4.78, 5) is 2.52. The molecule has 0 amide bonds. The van der Waals surface area contributed by atoms with Crippen LogP contribution in [0.25, 0.3) is 0 Å². The summed E-state index contributed by atoms with van der Waals surface area (Å²) in [6.07, 6.45) is 8.10. The highest BCUT2D eigenvalue weighted by Crippen LogP contribution is 2.21. The fourth-order valence-electron chi connectivity index (χ4n) is 3.14. The molecule has 2 nitrogen and oxygen atoms in total. The van der Waals surface area contributed by atoms with E-state index in [-0.39, 0.29) is 5.82 Å². The van der Waals surface area contributed by atoms with Gasteiger partial charge in [-0.1, -0.05) is 31.4 Å². The van der Waals surface area contributed by atoms with E-state index in [1.807, 2.05) is 12.1 Å². The van der Waals surface area contributed by atoms with Gasteiger partial charge in [0.2, 0.25) is 0 Å². The van der Waals surface area contributed by atoms with E-state index in [9.17, 15) is 4.39 Å². The number of nitrogens with zero attached hydrogens (tertiary/aromatic N) is 1. The van der Waals surface area contributed by atoms with Gasteiger partial charge >= 0.3 is 0 Å². The molecule has 1 aliphatic rings. The number of nitrogens with one attached hydrogen (secondary N) is 1. The van der Waals surface area contributed by atoms with Crippen LogP contribution in [0.4, 0.5) is 4.39 Å². The van der Waals surface area contributed by atoms with Crippen LogP contribution in [-0.4, -0.2) is 31.1 Å². The van der Waals surface area contributed by atoms with Gasteiger partial charge in [-0.05, 0) is 63.5 Å². The van der Waals surface area contributed by atoms with E-state index < -0.39 is 0 Å². The molecule has 0 spiro atoms. The second-order valence-electron chi connectivity index (χ2n) is 6.39. The Morgan fingerprint density at radius 2 is 2.00 bits per heavy atom. The minimum Gasteiger partial charge on any atom is -0.313 e. The van der Waals surface area contributed by atoms with E-state index in [4.69, 9.17) is 0 Å². The van der Waals surface area contributed by atoms with Crippen LogP contribution >= 0.6 is 0 Å². The van der Waals surface area contributed by atoms with Gasteiger partial charge in [0.05, 0.1) is 0 Å². The molecule has 0 aliphatic heterocycles. The highest BCUT2D eigenvalue weighted by atomic mass is 19.1. The first-order chi connectivity index (χ1) is 10.2. The van der Waals surface area contributed by atoms with Crippen molar-refractivity contribution < 1.29 is 4.39 Å². The number of rotatable bonds is 7. The molecule has 0 aromatic heterocycles. The molecule has 0 radical (unpaired) electrons. The van der Waals surface area contributed by atoms with Crippen LogP contribution in [0.3, 0.4) is 0 Å². The molecule has 1 fully saturated rings. The zero-order valence-electron chi connectivity index (χ0n) is 13.5. The molecule has 1 aromatic carbocycles. The van der Waals surface area contributed by atoms with E-state index >= 15 is 0 Å². The zero-order valence-corrected chi connectivity index (χ0v) is 13.5. The van der Waals surface area contributed by atoms with Crippen LogP contribution in [0.5, 0.6) is 0 Å². The summed E-state index contributed by atoms with van der Waals surface area (Å²) in [6, 6.07) is 6.28. The van der Waals surface area contributed by atoms with Gasteiger partial charge in [0.1, 0.15) is 5.82 Å². The summed E-state index contributed by atoms with van der Waals surface area (Å²) in [6.45, 7) is 4.70. The van der Waals surface area contributed by atoms with Crippen molar-refractivity contribution in [2.24, 2.45) is 0 Å². The van der Waals surface area contributed by atoms with E-state index in [2.05, 4.69) is 17.3 Å². The molecule has 0 atom stereocenters. The van der Waals surface area contributed by atoms with Crippen molar-refractivity contribution >= 4 is 0 Å². The number of hydrogen-bond acceptors (Lipinski definition) is 2. The minimum absolute atomic E-state index is 0.105. The van der Waals surface area contributed by atoms with E-state index in [0.717, 1.165) is 37.7 Å². The highest BCUT2D eigenvalue weighted by molar-refractivity contribution is 5.23. The van der Waals surface area contributed by atoms with Crippen molar-refractivity contribution in [2.45, 2.75) is 58.0 Å². The lowest BCUT2D eigenvalue weighted by molar-refractivity contribution is 0.189. The van der Waals surface area contributed by atoms with E-state index in [1.165, 1.54) is 32.1 Å². The van der Waals surface area contributed by atoms with Gasteiger partial charge in [-0.3, -0.25) is 0 Å². The molecule has 118 valence electrons. The first kappa shape index (κ1) is 16.4. The predicted octanol–water partition coefficient (Wildman–Crippen LogP) is 3.88. The van der Waals surface area contributed by atoms with Gasteiger partial charge in [-0.2, -0.15) is 0 Å². The van der Waals surface area contributed by atoms with Crippen molar-refractivity contribution in [1.29, 1.82) is 0 Å². The van der Waals surface area contributed by atoms with Crippen molar-refractivity contribution in [1.82, 2.24) is 10.2 Å². The molecule has 0 heterocycles. The maximum absolute atomic E-state index is 13.4. The molecule has 2 rings (SSSR count). The lowest BCUT2D eigenvalue weighted by Crippen LogP contribution is -2.35. The molecular weight excluding hydrogens is 263 g/mol. The van der Waals surface area contributed by atoms with Crippen molar-refractivity contribution in [3.8, 4) is 0 Å². The predicted molar refractivity (Wildman–Crippen MR) is 87.0 cm³/mol. The van der Waals surface area contributed by atoms with Crippen LogP contribution in [0.1, 0.15) is 49.7 Å². The maximum atomic E-state index is 13.4. The number of hydrogen-bond donors (Lipinski definition) is 1. The Hall–Kier alpha value is -0.930. The molecule has 0 unspecified atom stereocenters. The molecule has 3 heteroatoms. The van der Waals surface area contributed by atoms with Crippen molar-refractivity contribution in [3.05, 3.63) is 35.1 Å². The molecule has 21 heavy (non-hydrogen) atoms. The van der Waals surface area contributed by atoms with Crippen LogP contribution in [0.15, 0.2) is 18.2 Å². The van der Waals surface area contributed by atoms with Crippen LogP contribution < -0.4 is 5.32 Å². The first-order valence-corrected chi connectivity index (χ1v) is 8.33. The quantitative estimate of drug-likeness (QED) is 0.767. The topological polar surface area (TPSA) is 15.3 Å². The largest absolute Gasteiger partial charge is 0.313 e. The van der Waals surface area contributed by atoms with Crippen LogP contribution in [0, 0.1) is 12.7 Å². The van der Waals surface area contributed by atoms with E-state index in [1.54, 1.807) is 13.0 Å². The van der Waals surface area contributed by atoms with Gasteiger partial charge < -0.3 is 10.2 Å². The van der Waals surface area contributed by atoms with Gasteiger partial charge in [0.25, 0.3) is 0 Å². The standard InChI is InChI=1S/C18H29FN2/c1-15-9-10-16(13-18(15)19)14-20-11-6-12-21(2)17-7-4-3-5-8-17/h9-10,13,17,20H,3-8,11-12,14H2,1-2H3. The first-order valence-electron chi connectivity index (χ1n) is 8.33. The Morgan fingerprint density at radius 1 is 1.24 bits per heavy atom. The Kier molecular flexibility index (Phi) is 6.65. The molecule has 0 saturated heterocycles. The third kappa shape index (κ3) is 5.40. The average Bonchev–Trinajstić information content (AvgIpc) is 2.51. The minimum atomic E-state index is -0.105. The summed E-state index contributed by atoms with van der Waals surface area (Å²) < 4.78 is 13.4. The van der Waals surface area contributed by atoms with Gasteiger partial charge in [-0.15, -0.1) is 0 Å². The Labute approximate surface area is 128 Å². The van der Waals surface area contributed by atoms with Crippen LogP contribution in [-0.2, 0) is 6.54 Å². The normalized spacial score (nSPS) is 16.6. The smallest absolute Gasteiger partial charge is 0.126 e. The second kappa shape index (κ2) is 8.50.